The van der Waals surface area contributed by atoms with E-state index in [0.29, 0.717) is 22.1 Å². The molecule has 0 saturated heterocycles. The lowest BCUT2D eigenvalue weighted by Gasteiger charge is -2.03. The number of anilines is 1. The van der Waals surface area contributed by atoms with Gasteiger partial charge in [0.1, 0.15) is 4.88 Å². The number of nitrogens with one attached hydrogen (secondary N) is 1. The van der Waals surface area contributed by atoms with Crippen LogP contribution in [0.5, 0.6) is 0 Å². The molecule has 3 aromatic rings. The average Bonchev–Trinajstić information content (AvgIpc) is 3.24. The fourth-order valence-electron chi connectivity index (χ4n) is 2.12. The highest BCUT2D eigenvalue weighted by Gasteiger charge is 2.17. The molecule has 1 N–H and O–H groups in total. The average molecular weight is 392 g/mol. The van der Waals surface area contributed by atoms with Crippen molar-refractivity contribution in [2.24, 2.45) is 0 Å². The van der Waals surface area contributed by atoms with Crippen molar-refractivity contribution in [1.29, 1.82) is 0 Å². The second-order valence-corrected chi connectivity index (χ2v) is 8.39. The van der Waals surface area contributed by atoms with E-state index in [-0.39, 0.29) is 5.91 Å². The van der Waals surface area contributed by atoms with Crippen LogP contribution in [0.15, 0.2) is 22.5 Å². The number of carbonyl (C=O) groups excluding carboxylic acids is 1. The Labute approximate surface area is 158 Å². The number of rotatable bonds is 6. The maximum absolute atomic E-state index is 12.3. The normalized spacial score (nSPS) is 10.8. The standard InChI is InChI=1S/C16H17N5OS3/c1-4-12-13(25-21-18-12)14(22)17-15-19-20-16(24-15)23-8-11-6-5-9(2)10(3)7-11/h5-7H,4,8H2,1-3H3,(H,17,19,22). The van der Waals surface area contributed by atoms with Gasteiger partial charge in [-0.05, 0) is 48.5 Å². The van der Waals surface area contributed by atoms with Gasteiger partial charge in [0, 0.05) is 5.75 Å². The van der Waals surface area contributed by atoms with E-state index in [9.17, 15) is 4.79 Å². The van der Waals surface area contributed by atoms with Crippen molar-refractivity contribution in [3.05, 3.63) is 45.5 Å². The number of nitrogens with zero attached hydrogens (tertiary/aromatic N) is 4. The highest BCUT2D eigenvalue weighted by Crippen LogP contribution is 2.29. The predicted molar refractivity (Wildman–Crippen MR) is 103 cm³/mol. The van der Waals surface area contributed by atoms with Crippen LogP contribution in [0.1, 0.15) is 39.0 Å². The Balaban J connectivity index is 1.60. The summed E-state index contributed by atoms with van der Waals surface area (Å²) >= 11 is 4.08. The largest absolute Gasteiger partial charge is 0.296 e. The van der Waals surface area contributed by atoms with Crippen molar-refractivity contribution in [1.82, 2.24) is 19.8 Å². The van der Waals surface area contributed by atoms with Crippen LogP contribution in [0.2, 0.25) is 0 Å². The molecule has 6 nitrogen and oxygen atoms in total. The number of benzene rings is 1. The van der Waals surface area contributed by atoms with Crippen molar-refractivity contribution in [2.45, 2.75) is 37.3 Å². The molecule has 2 heterocycles. The van der Waals surface area contributed by atoms with Gasteiger partial charge in [0.05, 0.1) is 5.69 Å². The molecule has 3 rings (SSSR count). The third-order valence-corrected chi connectivity index (χ3v) is 6.47. The molecule has 0 bridgehead atoms. The number of thioether (sulfide) groups is 1. The summed E-state index contributed by atoms with van der Waals surface area (Å²) in [7, 11) is 0. The van der Waals surface area contributed by atoms with E-state index in [1.807, 2.05) is 6.92 Å². The number of aromatic nitrogens is 4. The van der Waals surface area contributed by atoms with Crippen molar-refractivity contribution in [3.63, 3.8) is 0 Å². The first-order valence-electron chi connectivity index (χ1n) is 7.71. The Hall–Kier alpha value is -1.84. The van der Waals surface area contributed by atoms with E-state index in [4.69, 9.17) is 0 Å². The Morgan fingerprint density at radius 2 is 2.04 bits per heavy atom. The molecular weight excluding hydrogens is 374 g/mol. The van der Waals surface area contributed by atoms with Crippen molar-refractivity contribution in [2.75, 3.05) is 5.32 Å². The van der Waals surface area contributed by atoms with Gasteiger partial charge in [0.25, 0.3) is 5.91 Å². The van der Waals surface area contributed by atoms with Gasteiger partial charge >= 0.3 is 0 Å². The molecule has 9 heteroatoms. The van der Waals surface area contributed by atoms with Crippen molar-refractivity contribution in [3.8, 4) is 0 Å². The molecule has 1 amide bonds. The zero-order chi connectivity index (χ0) is 17.8. The van der Waals surface area contributed by atoms with Crippen LogP contribution in [0.3, 0.4) is 0 Å². The van der Waals surface area contributed by atoms with Crippen LogP contribution in [-0.2, 0) is 12.2 Å². The number of hydrogen-bond acceptors (Lipinski definition) is 8. The summed E-state index contributed by atoms with van der Waals surface area (Å²) in [5.74, 6) is 0.594. The molecule has 0 aliphatic carbocycles. The first kappa shape index (κ1) is 18.0. The van der Waals surface area contributed by atoms with Crippen LogP contribution in [0, 0.1) is 13.8 Å². The van der Waals surface area contributed by atoms with E-state index >= 15 is 0 Å². The smallest absolute Gasteiger partial charge is 0.271 e. The van der Waals surface area contributed by atoms with Gasteiger partial charge < -0.3 is 0 Å². The van der Waals surface area contributed by atoms with E-state index in [1.54, 1.807) is 11.8 Å². The minimum Gasteiger partial charge on any atom is -0.296 e. The number of carbonyl (C=O) groups is 1. The number of aryl methyl sites for hydroxylation is 3. The molecule has 1 aromatic carbocycles. The first-order valence-corrected chi connectivity index (χ1v) is 10.3. The maximum atomic E-state index is 12.3. The third-order valence-electron chi connectivity index (χ3n) is 3.66. The van der Waals surface area contributed by atoms with Gasteiger partial charge in [-0.1, -0.05) is 52.7 Å². The Morgan fingerprint density at radius 3 is 2.80 bits per heavy atom. The molecule has 130 valence electrons. The minimum atomic E-state index is -0.228. The summed E-state index contributed by atoms with van der Waals surface area (Å²) in [5.41, 5.74) is 4.53. The molecular formula is C16H17N5OS3. The van der Waals surface area contributed by atoms with Crippen LogP contribution in [-0.4, -0.2) is 25.7 Å². The van der Waals surface area contributed by atoms with Crippen molar-refractivity contribution >= 4 is 45.7 Å². The molecule has 0 unspecified atom stereocenters. The summed E-state index contributed by atoms with van der Waals surface area (Å²) < 4.78 is 4.66. The summed E-state index contributed by atoms with van der Waals surface area (Å²) in [5, 5.41) is 15.4. The van der Waals surface area contributed by atoms with E-state index in [2.05, 4.69) is 57.1 Å². The topological polar surface area (TPSA) is 80.7 Å². The quantitative estimate of drug-likeness (QED) is 0.503. The van der Waals surface area contributed by atoms with Gasteiger partial charge in [-0.25, -0.2) is 0 Å². The van der Waals surface area contributed by atoms with Gasteiger partial charge in [0.15, 0.2) is 4.34 Å². The lowest BCUT2D eigenvalue weighted by molar-refractivity contribution is 0.102. The number of hydrogen-bond donors (Lipinski definition) is 1. The maximum Gasteiger partial charge on any atom is 0.271 e. The molecule has 0 fully saturated rings. The Bertz CT molecular complexity index is 890. The fraction of sp³-hybridized carbons (Fsp3) is 0.312. The van der Waals surface area contributed by atoms with Gasteiger partial charge in [-0.15, -0.1) is 15.3 Å². The SMILES string of the molecule is CCc1nnsc1C(=O)Nc1nnc(SCc2ccc(C)c(C)c2)s1. The molecule has 0 radical (unpaired) electrons. The number of amides is 1. The zero-order valence-corrected chi connectivity index (χ0v) is 16.5. The van der Waals surface area contributed by atoms with E-state index in [1.165, 1.54) is 28.0 Å². The van der Waals surface area contributed by atoms with E-state index in [0.717, 1.165) is 21.6 Å². The lowest BCUT2D eigenvalue weighted by Crippen LogP contribution is -2.12. The highest BCUT2D eigenvalue weighted by molar-refractivity contribution is 8.00. The highest BCUT2D eigenvalue weighted by atomic mass is 32.2. The van der Waals surface area contributed by atoms with Gasteiger partial charge in [-0.3, -0.25) is 10.1 Å². The molecule has 2 aromatic heterocycles. The molecule has 0 atom stereocenters. The summed E-state index contributed by atoms with van der Waals surface area (Å²) in [6.45, 7) is 6.16. The first-order chi connectivity index (χ1) is 12.1. The molecule has 25 heavy (non-hydrogen) atoms. The predicted octanol–water partition coefficient (Wildman–Crippen LogP) is 4.11. The summed E-state index contributed by atoms with van der Waals surface area (Å²) in [6.07, 6.45) is 0.673. The van der Waals surface area contributed by atoms with E-state index < -0.39 is 0 Å². The fourth-order valence-corrected chi connectivity index (χ4v) is 4.46. The second-order valence-electron chi connectivity index (χ2n) is 5.44. The molecule has 0 spiro atoms. The van der Waals surface area contributed by atoms with Crippen LogP contribution in [0.4, 0.5) is 5.13 Å². The molecule has 0 saturated carbocycles. The van der Waals surface area contributed by atoms with Gasteiger partial charge in [0.2, 0.25) is 5.13 Å². The minimum absolute atomic E-state index is 0.228. The second kappa shape index (κ2) is 8.03. The summed E-state index contributed by atoms with van der Waals surface area (Å²) in [4.78, 5) is 12.8. The summed E-state index contributed by atoms with van der Waals surface area (Å²) in [6, 6.07) is 6.45. The zero-order valence-electron chi connectivity index (χ0n) is 14.1. The molecule has 0 aliphatic heterocycles. The van der Waals surface area contributed by atoms with Crippen LogP contribution < -0.4 is 5.32 Å². The van der Waals surface area contributed by atoms with Crippen molar-refractivity contribution < 1.29 is 4.79 Å². The third kappa shape index (κ3) is 4.42. The molecule has 0 aliphatic rings. The van der Waals surface area contributed by atoms with Crippen LogP contribution in [0.25, 0.3) is 0 Å². The monoisotopic (exact) mass is 391 g/mol. The lowest BCUT2D eigenvalue weighted by atomic mass is 10.1. The Kier molecular flexibility index (Phi) is 5.77. The van der Waals surface area contributed by atoms with Crippen LogP contribution >= 0.6 is 34.6 Å². The van der Waals surface area contributed by atoms with Gasteiger partial charge in [-0.2, -0.15) is 0 Å². The Morgan fingerprint density at radius 1 is 1.20 bits per heavy atom.